The number of benzene rings is 1. The van der Waals surface area contributed by atoms with Crippen LogP contribution in [-0.4, -0.2) is 28.1 Å². The Morgan fingerprint density at radius 3 is 2.89 bits per heavy atom. The lowest BCUT2D eigenvalue weighted by Crippen LogP contribution is -2.24. The molecule has 0 radical (unpaired) electrons. The predicted octanol–water partition coefficient (Wildman–Crippen LogP) is 1.54. The summed E-state index contributed by atoms with van der Waals surface area (Å²) in [5.74, 6) is -0.0833. The molecule has 4 heteroatoms. The number of carbonyl (C=O) groups is 2. The van der Waals surface area contributed by atoms with Gasteiger partial charge in [0.15, 0.2) is 5.78 Å². The highest BCUT2D eigenvalue weighted by molar-refractivity contribution is 6.05. The average Bonchev–Trinajstić information content (AvgIpc) is 2.68. The number of hydrogen-bond donors (Lipinski definition) is 0. The fraction of sp³-hybridized carbons (Fsp3) is 0.214. The third kappa shape index (κ3) is 1.97. The molecule has 18 heavy (non-hydrogen) atoms. The number of Topliss-reactive ketones (excluding diaryl/α,β-unsaturated/α-hetero) is 1. The summed E-state index contributed by atoms with van der Waals surface area (Å²) >= 11 is 0. The molecule has 0 bridgehead atoms. The molecule has 0 unspecified atom stereocenters. The van der Waals surface area contributed by atoms with Crippen molar-refractivity contribution in [2.45, 2.75) is 13.0 Å². The molecule has 1 aromatic heterocycles. The molecule has 1 saturated heterocycles. The minimum Gasteiger partial charge on any atom is -0.331 e. The molecule has 0 saturated carbocycles. The van der Waals surface area contributed by atoms with Crippen molar-refractivity contribution in [2.24, 2.45) is 0 Å². The molecular formula is C14H12N2O2. The zero-order chi connectivity index (χ0) is 12.5. The van der Waals surface area contributed by atoms with Crippen LogP contribution in [0.2, 0.25) is 0 Å². The van der Waals surface area contributed by atoms with Crippen LogP contribution in [0.15, 0.2) is 36.5 Å². The lowest BCUT2D eigenvalue weighted by atomic mass is 10.1. The smallest absolute Gasteiger partial charge is 0.230 e. The fourth-order valence-electron chi connectivity index (χ4n) is 2.21. The maximum atomic E-state index is 11.5. The van der Waals surface area contributed by atoms with Crippen molar-refractivity contribution >= 4 is 22.6 Å². The Morgan fingerprint density at radius 2 is 2.11 bits per heavy atom. The van der Waals surface area contributed by atoms with Crippen LogP contribution < -0.4 is 0 Å². The van der Waals surface area contributed by atoms with E-state index in [0.717, 1.165) is 16.5 Å². The van der Waals surface area contributed by atoms with E-state index in [9.17, 15) is 9.59 Å². The largest absolute Gasteiger partial charge is 0.331 e. The molecule has 0 aliphatic carbocycles. The maximum absolute atomic E-state index is 11.5. The van der Waals surface area contributed by atoms with Gasteiger partial charge in [-0.25, -0.2) is 0 Å². The van der Waals surface area contributed by atoms with Crippen LogP contribution in [0.4, 0.5) is 0 Å². The topological polar surface area (TPSA) is 50.3 Å². The van der Waals surface area contributed by atoms with Gasteiger partial charge in [0, 0.05) is 18.1 Å². The van der Waals surface area contributed by atoms with E-state index in [1.54, 1.807) is 11.1 Å². The van der Waals surface area contributed by atoms with Gasteiger partial charge in [-0.3, -0.25) is 14.6 Å². The zero-order valence-electron chi connectivity index (χ0n) is 9.80. The molecule has 1 amide bonds. The number of likely N-dealkylation sites (tertiary alicyclic amines) is 1. The SMILES string of the molecule is O=C1CC(=O)N(Cc2ccc3cccnc3c2)C1. The van der Waals surface area contributed by atoms with Crippen molar-refractivity contribution in [3.8, 4) is 0 Å². The van der Waals surface area contributed by atoms with Gasteiger partial charge in [-0.2, -0.15) is 0 Å². The third-order valence-corrected chi connectivity index (χ3v) is 3.11. The van der Waals surface area contributed by atoms with E-state index in [1.807, 2.05) is 30.3 Å². The highest BCUT2D eigenvalue weighted by Gasteiger charge is 2.27. The summed E-state index contributed by atoms with van der Waals surface area (Å²) in [6, 6.07) is 9.81. The predicted molar refractivity (Wildman–Crippen MR) is 66.8 cm³/mol. The lowest BCUT2D eigenvalue weighted by molar-refractivity contribution is -0.128. The van der Waals surface area contributed by atoms with E-state index in [1.165, 1.54) is 0 Å². The Kier molecular flexibility index (Phi) is 2.55. The molecule has 1 aliphatic rings. The van der Waals surface area contributed by atoms with E-state index in [-0.39, 0.29) is 24.7 Å². The number of rotatable bonds is 2. The number of pyridine rings is 1. The molecule has 3 rings (SSSR count). The molecule has 0 spiro atoms. The Bertz CT molecular complexity index is 636. The molecule has 0 atom stereocenters. The normalized spacial score (nSPS) is 15.7. The van der Waals surface area contributed by atoms with Crippen molar-refractivity contribution in [1.29, 1.82) is 0 Å². The molecule has 1 aliphatic heterocycles. The van der Waals surface area contributed by atoms with Crippen molar-refractivity contribution in [3.05, 3.63) is 42.1 Å². The first kappa shape index (κ1) is 10.9. The second-order valence-electron chi connectivity index (χ2n) is 4.50. The second-order valence-corrected chi connectivity index (χ2v) is 4.50. The van der Waals surface area contributed by atoms with Crippen molar-refractivity contribution in [3.63, 3.8) is 0 Å². The minimum atomic E-state index is -0.0823. The van der Waals surface area contributed by atoms with E-state index in [0.29, 0.717) is 6.54 Å². The monoisotopic (exact) mass is 240 g/mol. The molecule has 90 valence electrons. The Labute approximate surface area is 104 Å². The van der Waals surface area contributed by atoms with Crippen LogP contribution in [0, 0.1) is 0 Å². The van der Waals surface area contributed by atoms with E-state index < -0.39 is 0 Å². The van der Waals surface area contributed by atoms with Crippen LogP contribution in [0.25, 0.3) is 10.9 Å². The van der Waals surface area contributed by atoms with Crippen LogP contribution in [0.1, 0.15) is 12.0 Å². The Morgan fingerprint density at radius 1 is 1.22 bits per heavy atom. The fourth-order valence-corrected chi connectivity index (χ4v) is 2.21. The summed E-state index contributed by atoms with van der Waals surface area (Å²) in [6.07, 6.45) is 1.79. The molecule has 0 N–H and O–H groups in total. The number of fused-ring (bicyclic) bond motifs is 1. The maximum Gasteiger partial charge on any atom is 0.230 e. The number of amides is 1. The van der Waals surface area contributed by atoms with Crippen LogP contribution in [0.5, 0.6) is 0 Å². The van der Waals surface area contributed by atoms with Gasteiger partial charge in [-0.15, -0.1) is 0 Å². The van der Waals surface area contributed by atoms with Gasteiger partial charge in [0.05, 0.1) is 18.5 Å². The number of aromatic nitrogens is 1. The Hall–Kier alpha value is -2.23. The lowest BCUT2D eigenvalue weighted by Gasteiger charge is -2.14. The first-order chi connectivity index (χ1) is 8.72. The van der Waals surface area contributed by atoms with Crippen molar-refractivity contribution in [2.75, 3.05) is 6.54 Å². The standard InChI is InChI=1S/C14H12N2O2/c17-12-7-14(18)16(9-12)8-10-3-4-11-2-1-5-15-13(11)6-10/h1-6H,7-9H2. The van der Waals surface area contributed by atoms with E-state index >= 15 is 0 Å². The van der Waals surface area contributed by atoms with Gasteiger partial charge in [0.25, 0.3) is 0 Å². The summed E-state index contributed by atoms with van der Waals surface area (Å²) in [5, 5.41) is 1.07. The van der Waals surface area contributed by atoms with Crippen molar-refractivity contribution in [1.82, 2.24) is 9.88 Å². The summed E-state index contributed by atoms with van der Waals surface area (Å²) < 4.78 is 0. The number of hydrogen-bond acceptors (Lipinski definition) is 3. The highest BCUT2D eigenvalue weighted by Crippen LogP contribution is 2.17. The van der Waals surface area contributed by atoms with Crippen LogP contribution in [0.3, 0.4) is 0 Å². The number of nitrogens with zero attached hydrogens (tertiary/aromatic N) is 2. The molecule has 1 aromatic carbocycles. The minimum absolute atomic E-state index is 0.00101. The van der Waals surface area contributed by atoms with E-state index in [4.69, 9.17) is 0 Å². The first-order valence-corrected chi connectivity index (χ1v) is 5.85. The van der Waals surface area contributed by atoms with Gasteiger partial charge >= 0.3 is 0 Å². The second kappa shape index (κ2) is 4.22. The van der Waals surface area contributed by atoms with Gasteiger partial charge in [-0.05, 0) is 17.7 Å². The van der Waals surface area contributed by atoms with Crippen LogP contribution >= 0.6 is 0 Å². The number of ketones is 1. The number of carbonyl (C=O) groups excluding carboxylic acids is 2. The summed E-state index contributed by atoms with van der Waals surface area (Å²) in [7, 11) is 0. The van der Waals surface area contributed by atoms with Gasteiger partial charge < -0.3 is 4.90 Å². The van der Waals surface area contributed by atoms with Gasteiger partial charge in [0.2, 0.25) is 5.91 Å². The average molecular weight is 240 g/mol. The summed E-state index contributed by atoms with van der Waals surface area (Å²) in [6.45, 7) is 0.718. The Balaban J connectivity index is 1.87. The van der Waals surface area contributed by atoms with Gasteiger partial charge in [-0.1, -0.05) is 18.2 Å². The third-order valence-electron chi connectivity index (χ3n) is 3.11. The van der Waals surface area contributed by atoms with Crippen molar-refractivity contribution < 1.29 is 9.59 Å². The molecule has 2 aromatic rings. The quantitative estimate of drug-likeness (QED) is 0.748. The van der Waals surface area contributed by atoms with E-state index in [2.05, 4.69) is 4.98 Å². The van der Waals surface area contributed by atoms with Gasteiger partial charge in [0.1, 0.15) is 0 Å². The molecular weight excluding hydrogens is 228 g/mol. The molecule has 2 heterocycles. The molecule has 1 fully saturated rings. The highest BCUT2D eigenvalue weighted by atomic mass is 16.2. The zero-order valence-corrected chi connectivity index (χ0v) is 9.80. The first-order valence-electron chi connectivity index (χ1n) is 5.85. The summed E-state index contributed by atoms with van der Waals surface area (Å²) in [4.78, 5) is 28.6. The van der Waals surface area contributed by atoms with Crippen LogP contribution in [-0.2, 0) is 16.1 Å². The molecule has 4 nitrogen and oxygen atoms in total. The summed E-state index contributed by atoms with van der Waals surface area (Å²) in [5.41, 5.74) is 1.91.